The van der Waals surface area contributed by atoms with Gasteiger partial charge in [-0.1, -0.05) is 158 Å². The van der Waals surface area contributed by atoms with Crippen molar-refractivity contribution in [3.05, 3.63) is 219 Å². The molecule has 1 amide bonds. The van der Waals surface area contributed by atoms with Crippen molar-refractivity contribution in [2.75, 3.05) is 77.6 Å². The number of likely N-dealkylation sites (N-methyl/N-ethyl adjacent to an activating group) is 2. The summed E-state index contributed by atoms with van der Waals surface area (Å²) in [6, 6.07) is 26.5. The normalized spacial score (nSPS) is 23.0. The number of aromatic nitrogens is 16. The molecule has 5 saturated heterocycles. The Labute approximate surface area is 896 Å². The number of amides is 1. The SMILES string of the molecule is CC1CC(c2cnc3c(C(F)(F)F)nn(C(C)c4ccc(Cl)cc4Cl)c3n2)=CCC1N1CCCC1CO.CC1CN(c2cnc3c(C#N)nn(C(C)c4ccc(Cl)cc4F)c3n2)CCC1N1CCCC1CCC(=O)O.CCN(CC1(O)COC1)C1CC=C(c2cnc3c(C#N)nn(C(C)c4ccc(Cl)cc4Cl)c3n2)CC1C.CNC(=O)C1CCCN1C1CC=C(c2cnc3c(C#N)nn(C(C)c4ccc(Cl)cc4Cl)c3n2)CC1C. The predicted octanol–water partition coefficient (Wildman–Crippen LogP) is 20.9. The summed E-state index contributed by atoms with van der Waals surface area (Å²) in [6.07, 6.45) is 21.4. The maximum atomic E-state index is 14.7. The molecule has 0 radical (unpaired) electrons. The number of hydrogen-bond acceptors (Lipinski definition) is 25. The minimum absolute atomic E-state index is 0.0523. The minimum Gasteiger partial charge on any atom is -0.481 e. The third-order valence-electron chi connectivity index (χ3n) is 30.9. The number of ether oxygens (including phenoxy) is 1. The van der Waals surface area contributed by atoms with Gasteiger partial charge in [-0.3, -0.25) is 29.2 Å². The van der Waals surface area contributed by atoms with Crippen LogP contribution >= 0.6 is 81.2 Å². The number of carbonyl (C=O) groups excluding carboxylic acids is 1. The molecule has 5 aliphatic heterocycles. The van der Waals surface area contributed by atoms with E-state index in [4.69, 9.17) is 106 Å². The van der Waals surface area contributed by atoms with Crippen molar-refractivity contribution in [3.8, 4) is 18.2 Å². The lowest BCUT2D eigenvalue weighted by Gasteiger charge is -2.44. The molecule has 5 fully saturated rings. The largest absolute Gasteiger partial charge is 0.481 e. The zero-order chi connectivity index (χ0) is 106. The Kier molecular flexibility index (Phi) is 34.2. The summed E-state index contributed by atoms with van der Waals surface area (Å²) < 4.78 is 67.8. The number of allylic oxidation sites excluding steroid dienone is 3. The van der Waals surface area contributed by atoms with Crippen LogP contribution in [0, 0.1) is 63.5 Å². The van der Waals surface area contributed by atoms with Gasteiger partial charge in [-0.05, 0) is 249 Å². The third-order valence-corrected chi connectivity index (χ3v) is 32.8. The zero-order valence-corrected chi connectivity index (χ0v) is 89.6. The number of alkyl halides is 3. The van der Waals surface area contributed by atoms with Crippen LogP contribution in [0.25, 0.3) is 61.4 Å². The number of benzene rings is 4. The molecule has 4 aromatic carbocycles. The Balaban J connectivity index is 0.000000135. The first-order chi connectivity index (χ1) is 71.4. The monoisotopic (exact) mass is 2170 g/mol. The van der Waals surface area contributed by atoms with Crippen LogP contribution in [0.4, 0.5) is 23.4 Å². The van der Waals surface area contributed by atoms with Gasteiger partial charge in [-0.25, -0.2) is 63.0 Å². The molecule has 0 bridgehead atoms. The number of hydrogen-bond donors (Lipinski definition) is 4. The maximum absolute atomic E-state index is 14.7. The fourth-order valence-corrected chi connectivity index (χ4v) is 24.9. The number of halogens is 11. The molecule has 8 aliphatic rings. The number of carboxylic acids is 1. The number of fused-ring (bicyclic) bond motifs is 4. The first-order valence-corrected chi connectivity index (χ1v) is 53.3. The molecule has 31 nitrogen and oxygen atoms in total. The Morgan fingerprint density at radius 1 is 0.537 bits per heavy atom. The number of carbonyl (C=O) groups is 2. The highest BCUT2D eigenvalue weighted by Gasteiger charge is 2.46. The lowest BCUT2D eigenvalue weighted by atomic mass is 9.83. The summed E-state index contributed by atoms with van der Waals surface area (Å²) in [6.45, 7) is 25.4. The summed E-state index contributed by atoms with van der Waals surface area (Å²) in [5.74, 6) is 0.993. The van der Waals surface area contributed by atoms with Crippen molar-refractivity contribution in [3.63, 3.8) is 0 Å². The van der Waals surface area contributed by atoms with Gasteiger partial charge in [0.15, 0.2) is 45.4 Å². The number of nitrogens with zero attached hydrogens (tertiary/aromatic N) is 24. The second kappa shape index (κ2) is 46.7. The second-order valence-electron chi connectivity index (χ2n) is 40.4. The van der Waals surface area contributed by atoms with E-state index in [1.807, 2.05) is 26.0 Å². The van der Waals surface area contributed by atoms with Crippen LogP contribution in [-0.4, -0.2) is 246 Å². The first-order valence-electron chi connectivity index (χ1n) is 50.7. The van der Waals surface area contributed by atoms with Gasteiger partial charge >= 0.3 is 12.1 Å². The molecular weight excluding hydrogens is 2060 g/mol. The van der Waals surface area contributed by atoms with Crippen molar-refractivity contribution in [1.82, 2.24) is 104 Å². The fourth-order valence-electron chi connectivity index (χ4n) is 23.0. The Morgan fingerprint density at radius 3 is 1.40 bits per heavy atom. The smallest absolute Gasteiger partial charge is 0.437 e. The number of aliphatic hydroxyl groups excluding tert-OH is 1. The standard InChI is InChI=1S/C27H29Cl2N7O.C27H30Cl2N6O2.C27H31ClFN7O2.C26H28Cl2F3N5O/c1-15-11-17(6-9-23(15)35-10-4-5-24(35)27(37)31-3)22-14-32-25-21(13-30)34-36(26(25)33-22)16(2)19-8-7-18(28)12-20(19)29;1-4-34(13-27(36)14-37-15-27)24-8-5-18(9-16(24)2)23-12-31-25-22(11-30)33-35(26(25)32-23)17(3)20-7-6-19(28)10-21(20)29;1-16-15-34(11-9-23(16)35-10-3-4-19(35)6-8-25(37)38)24-14-31-26-22(13-30)33-36(27(26)32-24)17(2)20-7-5-18(28)12-21(20)29;1-14-10-16(5-8-22(14)35-9-3-4-18(35)13-37)21-12-32-23-24(26(29,30)31)34-36(25(23)33-21)15(2)19-7-6-17(27)11-20(19)28/h6-8,12,14-16,23-24H,4-5,9-11H2,1-3H3,(H,31,37);5-7,10,12,16-17,24,36H,4,8-9,13-15H2,1-3H3;5,7,12,14,16-17,19,23H,3-4,6,8-11,15H2,1-2H3,(H,37,38);5-7,11-12,14-15,18,22,37H,3-4,8-10,13H2,1-2H3. The van der Waals surface area contributed by atoms with E-state index in [9.17, 15) is 53.1 Å². The van der Waals surface area contributed by atoms with E-state index in [1.54, 1.807) is 108 Å². The van der Waals surface area contributed by atoms with E-state index < -0.39 is 41.3 Å². The summed E-state index contributed by atoms with van der Waals surface area (Å²) in [5, 5.41) is 81.9. The Hall–Kier alpha value is -11.0. The van der Waals surface area contributed by atoms with Crippen molar-refractivity contribution < 1.29 is 47.2 Å². The van der Waals surface area contributed by atoms with Crippen LogP contribution < -0.4 is 10.2 Å². The average molecular weight is 2170 g/mol. The quantitative estimate of drug-likeness (QED) is 0.0408. The molecule has 15 unspecified atom stereocenters. The van der Waals surface area contributed by atoms with Gasteiger partial charge in [0.2, 0.25) is 5.91 Å². The van der Waals surface area contributed by atoms with Gasteiger partial charge in [-0.15, -0.1) is 0 Å². The molecule has 3 aliphatic carbocycles. The molecule has 149 heavy (non-hydrogen) atoms. The van der Waals surface area contributed by atoms with E-state index >= 15 is 0 Å². The lowest BCUT2D eigenvalue weighted by Crippen LogP contribution is -2.59. The highest BCUT2D eigenvalue weighted by atomic mass is 35.5. The van der Waals surface area contributed by atoms with Gasteiger partial charge in [0, 0.05) is 110 Å². The van der Waals surface area contributed by atoms with E-state index in [0.717, 1.165) is 162 Å². The maximum Gasteiger partial charge on any atom is 0.437 e. The molecule has 0 saturated carbocycles. The van der Waals surface area contributed by atoms with Crippen LogP contribution in [0.2, 0.25) is 35.2 Å². The number of likely N-dealkylation sites (tertiary alicyclic amines) is 3. The van der Waals surface area contributed by atoms with E-state index in [1.165, 1.54) is 16.9 Å². The summed E-state index contributed by atoms with van der Waals surface area (Å²) in [5.41, 5.74) is 9.35. The van der Waals surface area contributed by atoms with Gasteiger partial charge < -0.3 is 30.3 Å². The van der Waals surface area contributed by atoms with Gasteiger partial charge in [0.05, 0.1) is 91.9 Å². The highest BCUT2D eigenvalue weighted by molar-refractivity contribution is 6.36. The van der Waals surface area contributed by atoms with E-state index in [0.29, 0.717) is 171 Å². The Morgan fingerprint density at radius 2 is 0.960 bits per heavy atom. The number of aliphatic carboxylic acids is 1. The van der Waals surface area contributed by atoms with Gasteiger partial charge in [-0.2, -0.15) is 49.4 Å². The average Bonchev–Trinajstić information content (AvgIpc) is 1.60. The minimum atomic E-state index is -4.69. The number of anilines is 1. The number of aliphatic hydroxyl groups is 2. The number of nitrogens with one attached hydrogen (secondary N) is 1. The van der Waals surface area contributed by atoms with Crippen LogP contribution in [0.1, 0.15) is 245 Å². The van der Waals surface area contributed by atoms with Crippen molar-refractivity contribution in [2.45, 2.75) is 237 Å². The number of nitriles is 3. The van der Waals surface area contributed by atoms with Gasteiger partial charge in [0.1, 0.15) is 57.5 Å². The molecule has 15 atom stereocenters. The lowest BCUT2D eigenvalue weighted by molar-refractivity contribution is -0.190. The summed E-state index contributed by atoms with van der Waals surface area (Å²) in [4.78, 5) is 72.7. The van der Waals surface area contributed by atoms with E-state index in [2.05, 4.69) is 146 Å². The van der Waals surface area contributed by atoms with Crippen molar-refractivity contribution in [1.29, 1.82) is 15.8 Å². The predicted molar refractivity (Wildman–Crippen MR) is 567 cm³/mol. The molecule has 0 spiro atoms. The van der Waals surface area contributed by atoms with Crippen LogP contribution in [0.5, 0.6) is 0 Å². The van der Waals surface area contributed by atoms with Crippen LogP contribution in [-0.2, 0) is 20.5 Å². The molecule has 20 rings (SSSR count). The van der Waals surface area contributed by atoms with Crippen molar-refractivity contribution in [2.24, 2.45) is 23.7 Å². The molecule has 42 heteroatoms. The fraction of sp³-hybridized carbons (Fsp3) is 0.486. The molecular formula is C107H118Cl7F4N25O6. The second-order valence-corrected chi connectivity index (χ2v) is 43.4. The molecule has 13 heterocycles. The first kappa shape index (κ1) is 109. The number of carboxylic acid groups (broad SMARTS) is 1. The molecule has 8 aromatic heterocycles. The topological polar surface area (TPSA) is 378 Å². The summed E-state index contributed by atoms with van der Waals surface area (Å²) >= 11 is 43.4. The zero-order valence-electron chi connectivity index (χ0n) is 84.3. The third kappa shape index (κ3) is 23.3. The molecule has 12 aromatic rings. The van der Waals surface area contributed by atoms with Crippen LogP contribution in [0.15, 0.2) is 116 Å². The van der Waals surface area contributed by atoms with Crippen LogP contribution in [0.3, 0.4) is 0 Å². The van der Waals surface area contributed by atoms with Gasteiger partial charge in [0.25, 0.3) is 0 Å². The molecule has 784 valence electrons. The number of rotatable bonds is 24. The van der Waals surface area contributed by atoms with E-state index in [-0.39, 0.29) is 71.3 Å². The van der Waals surface area contributed by atoms with Crippen molar-refractivity contribution >= 4 is 160 Å². The number of piperidine rings is 1. The molecule has 4 N–H and O–H groups in total. The summed E-state index contributed by atoms with van der Waals surface area (Å²) in [7, 11) is 1.71. The Bertz CT molecular complexity index is 7240. The highest BCUT2D eigenvalue weighted by Crippen LogP contribution is 2.45.